The van der Waals surface area contributed by atoms with Gasteiger partial charge in [0.25, 0.3) is 11.4 Å². The molecule has 0 unspecified atom stereocenters. The molecule has 0 saturated carbocycles. The first-order valence-electron chi connectivity index (χ1n) is 13.3. The number of anilines is 1. The second-order valence-electron chi connectivity index (χ2n) is 9.54. The van der Waals surface area contributed by atoms with Crippen molar-refractivity contribution in [1.82, 2.24) is 29.1 Å². The number of benzene rings is 3. The summed E-state index contributed by atoms with van der Waals surface area (Å²) >= 11 is 0. The van der Waals surface area contributed by atoms with E-state index in [0.717, 1.165) is 29.2 Å². The average Bonchev–Trinajstić information content (AvgIpc) is 3.78. The molecular formula is C32H35F4N9O4. The number of nitrogens with two attached hydrogens (primary N) is 1. The van der Waals surface area contributed by atoms with Crippen molar-refractivity contribution in [2.75, 3.05) is 5.73 Å². The number of nitrogens with zero attached hydrogens (tertiary/aromatic N) is 7. The summed E-state index contributed by atoms with van der Waals surface area (Å²) in [6.45, 7) is 5.60. The molecule has 0 radical (unpaired) electrons. The molecule has 0 fully saturated rings. The van der Waals surface area contributed by atoms with Gasteiger partial charge in [0.05, 0.1) is 63.7 Å². The minimum Gasteiger partial charge on any atom is -0.399 e. The van der Waals surface area contributed by atoms with E-state index in [1.165, 1.54) is 29.1 Å². The number of rotatable bonds is 4. The van der Waals surface area contributed by atoms with E-state index < -0.39 is 33.0 Å². The van der Waals surface area contributed by atoms with Crippen LogP contribution in [0.3, 0.4) is 0 Å². The van der Waals surface area contributed by atoms with Crippen molar-refractivity contribution < 1.29 is 27.4 Å². The molecular weight excluding hydrogens is 650 g/mol. The third kappa shape index (κ3) is 12.0. The fourth-order valence-electron chi connectivity index (χ4n) is 3.58. The number of non-ortho nitro benzene ring substituents is 2. The lowest BCUT2D eigenvalue weighted by Crippen LogP contribution is -1.96. The first-order valence-corrected chi connectivity index (χ1v) is 13.3. The van der Waals surface area contributed by atoms with E-state index >= 15 is 0 Å². The number of nitrogens with one attached hydrogen (secondary N) is 1. The average molecular weight is 686 g/mol. The smallest absolute Gasteiger partial charge is 0.272 e. The maximum atomic E-state index is 13.6. The third-order valence-electron chi connectivity index (χ3n) is 5.84. The number of aryl methyl sites for hydroxylation is 3. The zero-order chi connectivity index (χ0) is 34.7. The Morgan fingerprint density at radius 1 is 0.694 bits per heavy atom. The standard InChI is InChI=1S/C10H8FN3O2.C10H10FN3.C6H3F2NO2.C4H6N2.2CH4/c1-7-5-13(6-12-7)10-3-2-8(14(15)16)4-9(10)11;1-7-5-14(6-13-7)10-3-2-8(12)4-9(10)11;7-5-2-1-4(9(10)11)3-6(5)8;1-4-2-5-3-6-4;;/h2-6H,1H3;2-6H,12H2,1H3;1-3H;2-3H,1H3,(H,5,6);2*1H4. The van der Waals surface area contributed by atoms with Gasteiger partial charge in [0, 0.05) is 42.1 Å². The van der Waals surface area contributed by atoms with Crippen molar-refractivity contribution >= 4 is 17.1 Å². The van der Waals surface area contributed by atoms with Crippen LogP contribution < -0.4 is 5.73 Å². The summed E-state index contributed by atoms with van der Waals surface area (Å²) in [5.74, 6) is -3.29. The molecule has 0 amide bonds. The molecule has 49 heavy (non-hydrogen) atoms. The largest absolute Gasteiger partial charge is 0.399 e. The predicted octanol–water partition coefficient (Wildman–Crippen LogP) is 7.99. The van der Waals surface area contributed by atoms with E-state index in [-0.39, 0.29) is 32.0 Å². The van der Waals surface area contributed by atoms with Gasteiger partial charge in [-0.05, 0) is 51.1 Å². The zero-order valence-electron chi connectivity index (χ0n) is 25.0. The van der Waals surface area contributed by atoms with Crippen molar-refractivity contribution in [3.8, 4) is 11.4 Å². The van der Waals surface area contributed by atoms with Crippen molar-refractivity contribution in [1.29, 1.82) is 0 Å². The van der Waals surface area contributed by atoms with Crippen LogP contribution in [0.1, 0.15) is 31.9 Å². The topological polar surface area (TPSA) is 177 Å². The van der Waals surface area contributed by atoms with Gasteiger partial charge in [-0.2, -0.15) is 0 Å². The Hall–Kier alpha value is -6.39. The van der Waals surface area contributed by atoms with E-state index in [4.69, 9.17) is 5.73 Å². The highest BCUT2D eigenvalue weighted by Crippen LogP contribution is 2.20. The lowest BCUT2D eigenvalue weighted by atomic mass is 10.2. The minimum absolute atomic E-state index is 0. The molecule has 260 valence electrons. The van der Waals surface area contributed by atoms with Crippen molar-refractivity contribution in [2.24, 2.45) is 0 Å². The molecule has 13 nitrogen and oxygen atoms in total. The van der Waals surface area contributed by atoms with Gasteiger partial charge in [0.15, 0.2) is 17.5 Å². The number of nitro benzene ring substituents is 2. The molecule has 0 aliphatic heterocycles. The maximum Gasteiger partial charge on any atom is 0.272 e. The second-order valence-corrected chi connectivity index (χ2v) is 9.54. The molecule has 3 aromatic heterocycles. The Bertz CT molecular complexity index is 1960. The molecule has 0 aliphatic rings. The molecule has 3 heterocycles. The number of hydrogen-bond acceptors (Lipinski definition) is 8. The monoisotopic (exact) mass is 685 g/mol. The Morgan fingerprint density at radius 3 is 1.51 bits per heavy atom. The van der Waals surface area contributed by atoms with Gasteiger partial charge in [-0.3, -0.25) is 20.2 Å². The van der Waals surface area contributed by atoms with Gasteiger partial charge in [-0.25, -0.2) is 32.5 Å². The third-order valence-corrected chi connectivity index (χ3v) is 5.84. The summed E-state index contributed by atoms with van der Waals surface area (Å²) < 4.78 is 54.5. The van der Waals surface area contributed by atoms with E-state index in [1.54, 1.807) is 54.9 Å². The van der Waals surface area contributed by atoms with Crippen LogP contribution >= 0.6 is 0 Å². The number of halogens is 4. The lowest BCUT2D eigenvalue weighted by molar-refractivity contribution is -0.385. The first-order chi connectivity index (χ1) is 22.2. The highest BCUT2D eigenvalue weighted by molar-refractivity contribution is 5.46. The van der Waals surface area contributed by atoms with Gasteiger partial charge >= 0.3 is 0 Å². The van der Waals surface area contributed by atoms with Crippen molar-refractivity contribution in [3.05, 3.63) is 153 Å². The normalized spacial score (nSPS) is 9.61. The summed E-state index contributed by atoms with van der Waals surface area (Å²) in [5, 5.41) is 20.4. The number of aromatic amines is 1. The molecule has 0 atom stereocenters. The lowest BCUT2D eigenvalue weighted by Gasteiger charge is -2.03. The molecule has 0 bridgehead atoms. The Balaban J connectivity index is 0.000000336. The molecule has 0 aliphatic carbocycles. The van der Waals surface area contributed by atoms with Gasteiger partial charge < -0.3 is 19.9 Å². The number of nitro groups is 2. The van der Waals surface area contributed by atoms with Crippen LogP contribution in [0, 0.1) is 64.3 Å². The molecule has 3 N–H and O–H groups in total. The molecule has 17 heteroatoms. The zero-order valence-corrected chi connectivity index (χ0v) is 25.0. The quantitative estimate of drug-likeness (QED) is 0.0812. The van der Waals surface area contributed by atoms with Crippen LogP contribution in [0.25, 0.3) is 11.4 Å². The number of H-pyrrole nitrogens is 1. The van der Waals surface area contributed by atoms with Crippen LogP contribution in [0.15, 0.2) is 92.2 Å². The summed E-state index contributed by atoms with van der Waals surface area (Å²) in [6, 6.07) is 10.2. The SMILES string of the molecule is C.C.Cc1cn(-c2ccc(N)cc2F)cn1.Cc1cn(-c2ccc([N+](=O)[O-])cc2F)cn1.Cc1cnc[nH]1.O=[N+]([O-])c1ccc(F)c(F)c1. The summed E-state index contributed by atoms with van der Waals surface area (Å²) in [5.41, 5.74) is 8.55. The summed E-state index contributed by atoms with van der Waals surface area (Å²) in [4.78, 5) is 33.6. The number of hydrogen-bond donors (Lipinski definition) is 2. The molecule has 0 spiro atoms. The minimum atomic E-state index is -1.21. The Morgan fingerprint density at radius 2 is 1.16 bits per heavy atom. The second kappa shape index (κ2) is 18.7. The summed E-state index contributed by atoms with van der Waals surface area (Å²) in [6.07, 6.45) is 9.87. The number of imidazole rings is 3. The number of aromatic nitrogens is 6. The van der Waals surface area contributed by atoms with Crippen LogP contribution in [0.4, 0.5) is 34.6 Å². The van der Waals surface area contributed by atoms with Crippen LogP contribution in [-0.4, -0.2) is 38.9 Å². The maximum absolute atomic E-state index is 13.6. The highest BCUT2D eigenvalue weighted by atomic mass is 19.2. The van der Waals surface area contributed by atoms with Gasteiger partial charge in [-0.15, -0.1) is 0 Å². The molecule has 0 saturated heterocycles. The van der Waals surface area contributed by atoms with Gasteiger partial charge in [-0.1, -0.05) is 14.9 Å². The van der Waals surface area contributed by atoms with Gasteiger partial charge in [0.1, 0.15) is 5.82 Å². The molecule has 6 aromatic rings. The Labute approximate surface area is 279 Å². The van der Waals surface area contributed by atoms with Crippen LogP contribution in [0.5, 0.6) is 0 Å². The molecule has 3 aromatic carbocycles. The fourth-order valence-corrected chi connectivity index (χ4v) is 3.58. The van der Waals surface area contributed by atoms with E-state index in [2.05, 4.69) is 19.9 Å². The van der Waals surface area contributed by atoms with Crippen molar-refractivity contribution in [2.45, 2.75) is 35.6 Å². The van der Waals surface area contributed by atoms with Gasteiger partial charge in [0.2, 0.25) is 0 Å². The van der Waals surface area contributed by atoms with Crippen molar-refractivity contribution in [3.63, 3.8) is 0 Å². The van der Waals surface area contributed by atoms with Crippen LogP contribution in [0.2, 0.25) is 0 Å². The van der Waals surface area contributed by atoms with E-state index in [9.17, 15) is 37.8 Å². The first kappa shape index (κ1) is 40.6. The van der Waals surface area contributed by atoms with E-state index in [1.807, 2.05) is 13.8 Å². The van der Waals surface area contributed by atoms with Crippen LogP contribution in [-0.2, 0) is 0 Å². The Kier molecular flexibility index (Phi) is 15.5. The fraction of sp³-hybridized carbons (Fsp3) is 0.156. The number of nitrogen functional groups attached to an aromatic ring is 1. The molecule has 6 rings (SSSR count). The van der Waals surface area contributed by atoms with E-state index in [0.29, 0.717) is 23.5 Å². The predicted molar refractivity (Wildman–Crippen MR) is 177 cm³/mol. The summed E-state index contributed by atoms with van der Waals surface area (Å²) in [7, 11) is 0. The highest BCUT2D eigenvalue weighted by Gasteiger charge is 2.12.